The largest absolute Gasteiger partial charge is 0.455 e. The molecule has 1 saturated carbocycles. The minimum atomic E-state index is -1.56. The monoisotopic (exact) mass is 627 g/mol. The van der Waals surface area contributed by atoms with Crippen LogP contribution in [0.15, 0.2) is 132 Å². The van der Waals surface area contributed by atoms with Gasteiger partial charge in [0.2, 0.25) is 5.69 Å². The van der Waals surface area contributed by atoms with Crippen molar-refractivity contribution in [1.82, 2.24) is 0 Å². The van der Waals surface area contributed by atoms with Crippen molar-refractivity contribution in [3.63, 3.8) is 0 Å². The Morgan fingerprint density at radius 2 is 1.68 bits per heavy atom. The van der Waals surface area contributed by atoms with E-state index in [0.29, 0.717) is 0 Å². The van der Waals surface area contributed by atoms with Gasteiger partial charge in [0.25, 0.3) is 0 Å². The zero-order chi connectivity index (χ0) is 32.2. The number of allylic oxidation sites excluding steroid dienone is 1. The molecule has 3 nitrogen and oxygen atoms in total. The molecule has 2 aliphatic heterocycles. The Hall–Kier alpha value is -4.80. The molecule has 6 aromatic rings. The SMILES string of the molecule is C=CC1=NC2(Cc3ccc4c(oc5cccc(-c6ccccc6)c54)c31)C(C=C)C1C2c2ccccc2-c2cc(C)c([Si](C)(C)C)c[n+]21. The van der Waals surface area contributed by atoms with E-state index in [1.54, 1.807) is 0 Å². The lowest BCUT2D eigenvalue weighted by Gasteiger charge is -2.58. The standard InChI is InChI=1S/C43H39N2OSi/c1-7-33-41-40(31-18-13-12-17-30(31)35-23-26(3)37(25-45(35)41)47(4,5)6)43(33)24-28-21-22-32-39-29(27-15-10-9-11-16-27)19-14-20-36(39)46-42(32)38(28)34(8-2)44-43/h7-23,25,33,40-41H,1-2,24H2,3-6H3/q+1. The average Bonchev–Trinajstić information content (AvgIpc) is 3.46. The first-order chi connectivity index (χ1) is 22.7. The van der Waals surface area contributed by atoms with Gasteiger partial charge in [0.1, 0.15) is 11.2 Å². The second kappa shape index (κ2) is 9.85. The van der Waals surface area contributed by atoms with Gasteiger partial charge in [-0.3, -0.25) is 4.99 Å². The number of hydrogen-bond acceptors (Lipinski definition) is 2. The molecular weight excluding hydrogens is 589 g/mol. The number of furan rings is 1. The maximum absolute atomic E-state index is 6.73. The summed E-state index contributed by atoms with van der Waals surface area (Å²) in [5, 5.41) is 3.79. The number of hydrogen-bond donors (Lipinski definition) is 0. The van der Waals surface area contributed by atoms with E-state index in [-0.39, 0.29) is 23.4 Å². The zero-order valence-electron chi connectivity index (χ0n) is 27.5. The number of aliphatic imine (C=N–C) groups is 1. The van der Waals surface area contributed by atoms with Gasteiger partial charge in [-0.25, -0.2) is 0 Å². The van der Waals surface area contributed by atoms with Crippen LogP contribution in [0, 0.1) is 12.8 Å². The predicted molar refractivity (Wildman–Crippen MR) is 198 cm³/mol. The van der Waals surface area contributed by atoms with E-state index in [4.69, 9.17) is 9.41 Å². The Kier molecular flexibility index (Phi) is 5.96. The molecule has 230 valence electrons. The quantitative estimate of drug-likeness (QED) is 0.109. The molecule has 0 amide bonds. The number of aromatic nitrogens is 1. The maximum atomic E-state index is 6.73. The Bertz CT molecular complexity index is 2340. The third-order valence-electron chi connectivity index (χ3n) is 11.2. The van der Waals surface area contributed by atoms with Crippen molar-refractivity contribution in [2.24, 2.45) is 10.9 Å². The van der Waals surface area contributed by atoms with Crippen LogP contribution >= 0.6 is 0 Å². The molecule has 4 aromatic carbocycles. The van der Waals surface area contributed by atoms with Gasteiger partial charge in [-0.2, -0.15) is 4.57 Å². The molecule has 0 radical (unpaired) electrons. The second-order valence-electron chi connectivity index (χ2n) is 14.7. The molecule has 9 rings (SSSR count). The van der Waals surface area contributed by atoms with Gasteiger partial charge in [0.05, 0.1) is 31.2 Å². The van der Waals surface area contributed by atoms with Crippen molar-refractivity contribution in [1.29, 1.82) is 0 Å². The third kappa shape index (κ3) is 3.79. The summed E-state index contributed by atoms with van der Waals surface area (Å²) in [6.07, 6.45) is 7.44. The fraction of sp³-hybridized carbons (Fsp3) is 0.209. The molecule has 4 atom stereocenters. The average molecular weight is 628 g/mol. The van der Waals surface area contributed by atoms with E-state index in [9.17, 15) is 0 Å². The third-order valence-corrected chi connectivity index (χ3v) is 13.3. The molecule has 3 aliphatic rings. The second-order valence-corrected chi connectivity index (χ2v) is 19.8. The molecule has 4 heteroatoms. The van der Waals surface area contributed by atoms with Crippen LogP contribution in [0.1, 0.15) is 34.2 Å². The smallest absolute Gasteiger partial charge is 0.213 e. The van der Waals surface area contributed by atoms with Crippen molar-refractivity contribution in [2.75, 3.05) is 0 Å². The lowest BCUT2D eigenvalue weighted by Crippen LogP contribution is -2.71. The predicted octanol–water partition coefficient (Wildman–Crippen LogP) is 9.49. The van der Waals surface area contributed by atoms with Gasteiger partial charge in [-0.05, 0) is 52.9 Å². The fourth-order valence-corrected chi connectivity index (χ4v) is 11.1. The van der Waals surface area contributed by atoms with E-state index >= 15 is 0 Å². The summed E-state index contributed by atoms with van der Waals surface area (Å²) in [6, 6.07) is 33.2. The van der Waals surface area contributed by atoms with E-state index in [1.165, 1.54) is 44.3 Å². The molecule has 4 heterocycles. The number of pyridine rings is 1. The molecule has 0 saturated heterocycles. The Labute approximate surface area is 277 Å². The van der Waals surface area contributed by atoms with Crippen LogP contribution in [-0.2, 0) is 6.42 Å². The van der Waals surface area contributed by atoms with Gasteiger partial charge < -0.3 is 4.42 Å². The molecule has 1 fully saturated rings. The minimum absolute atomic E-state index is 0.168. The maximum Gasteiger partial charge on any atom is 0.213 e. The van der Waals surface area contributed by atoms with Crippen LogP contribution in [0.5, 0.6) is 0 Å². The Morgan fingerprint density at radius 3 is 2.45 bits per heavy atom. The van der Waals surface area contributed by atoms with E-state index in [1.807, 2.05) is 6.08 Å². The minimum Gasteiger partial charge on any atom is -0.455 e. The summed E-state index contributed by atoms with van der Waals surface area (Å²) in [5.41, 5.74) is 12.5. The van der Waals surface area contributed by atoms with Crippen molar-refractivity contribution in [3.05, 3.63) is 145 Å². The van der Waals surface area contributed by atoms with Crippen LogP contribution in [0.4, 0.5) is 0 Å². The topological polar surface area (TPSA) is 29.4 Å². The summed E-state index contributed by atoms with van der Waals surface area (Å²) in [5.74, 6) is 0.386. The number of benzene rings is 4. The van der Waals surface area contributed by atoms with Gasteiger partial charge in [-0.15, -0.1) is 6.58 Å². The van der Waals surface area contributed by atoms with E-state index in [2.05, 4.69) is 148 Å². The molecule has 2 aromatic heterocycles. The van der Waals surface area contributed by atoms with Crippen LogP contribution in [-0.4, -0.2) is 19.3 Å². The lowest BCUT2D eigenvalue weighted by atomic mass is 9.48. The van der Waals surface area contributed by atoms with Crippen LogP contribution in [0.3, 0.4) is 0 Å². The van der Waals surface area contributed by atoms with E-state index in [0.717, 1.165) is 39.6 Å². The van der Waals surface area contributed by atoms with Crippen LogP contribution in [0.25, 0.3) is 44.3 Å². The Morgan fingerprint density at radius 1 is 0.915 bits per heavy atom. The number of aryl methyl sites for hydroxylation is 1. The van der Waals surface area contributed by atoms with Gasteiger partial charge in [-0.1, -0.05) is 105 Å². The van der Waals surface area contributed by atoms with Gasteiger partial charge >= 0.3 is 0 Å². The molecule has 1 spiro atoms. The molecule has 47 heavy (non-hydrogen) atoms. The number of fused-ring (bicyclic) bond motifs is 12. The van der Waals surface area contributed by atoms with Crippen molar-refractivity contribution < 1.29 is 8.98 Å². The first-order valence-corrected chi connectivity index (χ1v) is 20.3. The zero-order valence-corrected chi connectivity index (χ0v) is 28.5. The highest BCUT2D eigenvalue weighted by Gasteiger charge is 2.69. The molecule has 4 unspecified atom stereocenters. The Balaban J connectivity index is 1.25. The summed E-state index contributed by atoms with van der Waals surface area (Å²) < 4.78 is 9.33. The molecule has 1 aliphatic carbocycles. The lowest BCUT2D eigenvalue weighted by molar-refractivity contribution is -0.738. The highest BCUT2D eigenvalue weighted by atomic mass is 28.3. The fourth-order valence-electron chi connectivity index (χ4n) is 9.30. The van der Waals surface area contributed by atoms with Crippen molar-refractivity contribution >= 4 is 40.9 Å². The van der Waals surface area contributed by atoms with Gasteiger partial charge in [0, 0.05) is 39.6 Å². The van der Waals surface area contributed by atoms with Crippen molar-refractivity contribution in [3.8, 4) is 22.4 Å². The molecule has 0 N–H and O–H groups in total. The number of nitrogens with zero attached hydrogens (tertiary/aromatic N) is 2. The van der Waals surface area contributed by atoms with Crippen LogP contribution < -0.4 is 9.75 Å². The summed E-state index contributed by atoms with van der Waals surface area (Å²) in [6.45, 7) is 18.4. The highest BCUT2D eigenvalue weighted by Crippen LogP contribution is 2.64. The van der Waals surface area contributed by atoms with Gasteiger partial charge in [0.15, 0.2) is 12.2 Å². The van der Waals surface area contributed by atoms with Crippen LogP contribution in [0.2, 0.25) is 19.6 Å². The first kappa shape index (κ1) is 28.4. The summed E-state index contributed by atoms with van der Waals surface area (Å²) >= 11 is 0. The summed E-state index contributed by atoms with van der Waals surface area (Å²) in [4.78, 5) is 5.74. The highest BCUT2D eigenvalue weighted by molar-refractivity contribution is 6.88. The molecule has 0 bridgehead atoms. The first-order valence-electron chi connectivity index (χ1n) is 16.8. The summed E-state index contributed by atoms with van der Waals surface area (Å²) in [7, 11) is -1.56. The number of rotatable bonds is 4. The van der Waals surface area contributed by atoms with Crippen molar-refractivity contribution in [2.45, 2.75) is 50.5 Å². The van der Waals surface area contributed by atoms with E-state index < -0.39 is 8.07 Å². The molecular formula is C43H39N2OSi+. The normalized spacial score (nSPS) is 22.6.